The van der Waals surface area contributed by atoms with Gasteiger partial charge in [-0.2, -0.15) is 0 Å². The average Bonchev–Trinajstić information content (AvgIpc) is 2.43. The molecule has 2 rings (SSSR count). The van der Waals surface area contributed by atoms with Crippen LogP contribution in [0.1, 0.15) is 44.9 Å². The Morgan fingerprint density at radius 2 is 2.11 bits per heavy atom. The van der Waals surface area contributed by atoms with Crippen LogP contribution in [0.5, 0.6) is 0 Å². The standard InChI is InChI=1S/C14H24N4O/c1-2-19-10-14-17-12(15)8-13(18-14)16-9-11-6-4-3-5-7-11/h8,11H,2-7,9-10H2,1H3,(H3,15,16,17,18). The third kappa shape index (κ3) is 4.67. The lowest BCUT2D eigenvalue weighted by atomic mass is 9.89. The van der Waals surface area contributed by atoms with Crippen molar-refractivity contribution >= 4 is 11.6 Å². The predicted octanol–water partition coefficient (Wildman–Crippen LogP) is 2.59. The smallest absolute Gasteiger partial charge is 0.158 e. The zero-order valence-electron chi connectivity index (χ0n) is 11.7. The maximum absolute atomic E-state index is 5.79. The quantitative estimate of drug-likeness (QED) is 0.826. The van der Waals surface area contributed by atoms with E-state index < -0.39 is 0 Å². The zero-order chi connectivity index (χ0) is 13.5. The van der Waals surface area contributed by atoms with Crippen molar-refractivity contribution in [2.45, 2.75) is 45.6 Å². The van der Waals surface area contributed by atoms with Gasteiger partial charge in [0.25, 0.3) is 0 Å². The number of nitrogens with one attached hydrogen (secondary N) is 1. The van der Waals surface area contributed by atoms with E-state index in [4.69, 9.17) is 10.5 Å². The molecule has 0 aromatic carbocycles. The molecule has 1 aliphatic carbocycles. The van der Waals surface area contributed by atoms with Gasteiger partial charge in [0.05, 0.1) is 0 Å². The van der Waals surface area contributed by atoms with Gasteiger partial charge in [-0.3, -0.25) is 0 Å². The fourth-order valence-corrected chi connectivity index (χ4v) is 2.51. The van der Waals surface area contributed by atoms with Crippen molar-refractivity contribution in [1.29, 1.82) is 0 Å². The number of nitrogens with two attached hydrogens (primary N) is 1. The lowest BCUT2D eigenvalue weighted by Gasteiger charge is -2.22. The Kier molecular flexibility index (Phi) is 5.39. The Morgan fingerprint density at radius 3 is 2.84 bits per heavy atom. The van der Waals surface area contributed by atoms with Crippen LogP contribution in [0.4, 0.5) is 11.6 Å². The van der Waals surface area contributed by atoms with Crippen LogP contribution in [0.15, 0.2) is 6.07 Å². The van der Waals surface area contributed by atoms with Gasteiger partial charge >= 0.3 is 0 Å². The molecule has 1 aliphatic rings. The van der Waals surface area contributed by atoms with Crippen LogP contribution in [-0.2, 0) is 11.3 Å². The summed E-state index contributed by atoms with van der Waals surface area (Å²) < 4.78 is 5.32. The Morgan fingerprint density at radius 1 is 1.32 bits per heavy atom. The number of hydrogen-bond acceptors (Lipinski definition) is 5. The molecule has 5 nitrogen and oxygen atoms in total. The van der Waals surface area contributed by atoms with Gasteiger partial charge in [-0.05, 0) is 25.7 Å². The fourth-order valence-electron chi connectivity index (χ4n) is 2.51. The highest BCUT2D eigenvalue weighted by Gasteiger charge is 2.13. The average molecular weight is 264 g/mol. The first-order valence-electron chi connectivity index (χ1n) is 7.23. The second-order valence-corrected chi connectivity index (χ2v) is 5.12. The normalized spacial score (nSPS) is 16.5. The van der Waals surface area contributed by atoms with E-state index in [1.54, 1.807) is 6.07 Å². The molecule has 1 aromatic rings. The molecule has 0 amide bonds. The van der Waals surface area contributed by atoms with Crippen molar-refractivity contribution < 1.29 is 4.74 Å². The van der Waals surface area contributed by atoms with Gasteiger partial charge in [-0.15, -0.1) is 0 Å². The lowest BCUT2D eigenvalue weighted by molar-refractivity contribution is 0.128. The molecular formula is C14H24N4O. The molecular weight excluding hydrogens is 240 g/mol. The highest BCUT2D eigenvalue weighted by molar-refractivity contribution is 5.44. The Bertz CT molecular complexity index is 391. The summed E-state index contributed by atoms with van der Waals surface area (Å²) in [6.07, 6.45) is 6.73. The van der Waals surface area contributed by atoms with Crippen LogP contribution in [0.3, 0.4) is 0 Å². The van der Waals surface area contributed by atoms with Crippen molar-refractivity contribution in [3.05, 3.63) is 11.9 Å². The van der Waals surface area contributed by atoms with E-state index in [2.05, 4.69) is 15.3 Å². The number of nitrogens with zero attached hydrogens (tertiary/aromatic N) is 2. The van der Waals surface area contributed by atoms with Crippen molar-refractivity contribution in [3.8, 4) is 0 Å². The molecule has 0 spiro atoms. The molecule has 3 N–H and O–H groups in total. The zero-order valence-corrected chi connectivity index (χ0v) is 11.7. The second kappa shape index (κ2) is 7.28. The summed E-state index contributed by atoms with van der Waals surface area (Å²) >= 11 is 0. The van der Waals surface area contributed by atoms with Gasteiger partial charge in [0, 0.05) is 19.2 Å². The first-order valence-corrected chi connectivity index (χ1v) is 7.23. The second-order valence-electron chi connectivity index (χ2n) is 5.12. The van der Waals surface area contributed by atoms with E-state index in [-0.39, 0.29) is 0 Å². The number of anilines is 2. The minimum Gasteiger partial charge on any atom is -0.384 e. The fraction of sp³-hybridized carbons (Fsp3) is 0.714. The minimum atomic E-state index is 0.416. The third-order valence-corrected chi connectivity index (χ3v) is 3.52. The lowest BCUT2D eigenvalue weighted by Crippen LogP contribution is -2.18. The first-order chi connectivity index (χ1) is 9.28. The number of hydrogen-bond donors (Lipinski definition) is 2. The summed E-state index contributed by atoms with van der Waals surface area (Å²) in [5.41, 5.74) is 5.79. The van der Waals surface area contributed by atoms with Crippen LogP contribution in [-0.4, -0.2) is 23.1 Å². The number of ether oxygens (including phenoxy) is 1. The first kappa shape index (κ1) is 14.1. The Hall–Kier alpha value is -1.36. The number of nitrogen functional groups attached to an aromatic ring is 1. The molecule has 5 heteroatoms. The van der Waals surface area contributed by atoms with Crippen LogP contribution >= 0.6 is 0 Å². The van der Waals surface area contributed by atoms with Crippen molar-refractivity contribution in [3.63, 3.8) is 0 Å². The highest BCUT2D eigenvalue weighted by atomic mass is 16.5. The largest absolute Gasteiger partial charge is 0.384 e. The molecule has 1 saturated carbocycles. The molecule has 106 valence electrons. The van der Waals surface area contributed by atoms with Crippen LogP contribution in [0.2, 0.25) is 0 Å². The SMILES string of the molecule is CCOCc1nc(N)cc(NCC2CCCCC2)n1. The number of aromatic nitrogens is 2. The Balaban J connectivity index is 1.89. The monoisotopic (exact) mass is 264 g/mol. The number of rotatable bonds is 6. The van der Waals surface area contributed by atoms with Gasteiger partial charge in [-0.25, -0.2) is 9.97 Å². The van der Waals surface area contributed by atoms with Gasteiger partial charge in [0.1, 0.15) is 18.2 Å². The Labute approximate surface area is 115 Å². The highest BCUT2D eigenvalue weighted by Crippen LogP contribution is 2.23. The summed E-state index contributed by atoms with van der Waals surface area (Å²) in [6, 6.07) is 1.79. The van der Waals surface area contributed by atoms with E-state index in [1.165, 1.54) is 32.1 Å². The van der Waals surface area contributed by atoms with Gasteiger partial charge in [-0.1, -0.05) is 19.3 Å². The maximum Gasteiger partial charge on any atom is 0.158 e. The summed E-state index contributed by atoms with van der Waals surface area (Å²) in [5.74, 6) is 2.72. The third-order valence-electron chi connectivity index (χ3n) is 3.52. The van der Waals surface area contributed by atoms with E-state index >= 15 is 0 Å². The van der Waals surface area contributed by atoms with E-state index in [0.717, 1.165) is 18.3 Å². The molecule has 0 unspecified atom stereocenters. The summed E-state index contributed by atoms with van der Waals surface area (Å²) in [7, 11) is 0. The summed E-state index contributed by atoms with van der Waals surface area (Å²) in [5, 5.41) is 3.39. The molecule has 0 aliphatic heterocycles. The van der Waals surface area contributed by atoms with Crippen molar-refractivity contribution in [2.75, 3.05) is 24.2 Å². The van der Waals surface area contributed by atoms with Gasteiger partial charge in [0.2, 0.25) is 0 Å². The molecule has 0 saturated heterocycles. The van der Waals surface area contributed by atoms with Crippen LogP contribution in [0.25, 0.3) is 0 Å². The van der Waals surface area contributed by atoms with Crippen LogP contribution in [0, 0.1) is 5.92 Å². The molecule has 0 radical (unpaired) electrons. The molecule has 0 atom stereocenters. The molecule has 19 heavy (non-hydrogen) atoms. The van der Waals surface area contributed by atoms with Crippen molar-refractivity contribution in [2.24, 2.45) is 5.92 Å². The van der Waals surface area contributed by atoms with Gasteiger partial charge < -0.3 is 15.8 Å². The van der Waals surface area contributed by atoms with Crippen LogP contribution < -0.4 is 11.1 Å². The van der Waals surface area contributed by atoms with E-state index in [9.17, 15) is 0 Å². The van der Waals surface area contributed by atoms with Crippen molar-refractivity contribution in [1.82, 2.24) is 9.97 Å². The summed E-state index contributed by atoms with van der Waals surface area (Å²) in [6.45, 7) is 4.00. The topological polar surface area (TPSA) is 73.1 Å². The van der Waals surface area contributed by atoms with E-state index in [1.807, 2.05) is 6.92 Å². The minimum absolute atomic E-state index is 0.416. The summed E-state index contributed by atoms with van der Waals surface area (Å²) in [4.78, 5) is 8.60. The maximum atomic E-state index is 5.79. The van der Waals surface area contributed by atoms with Gasteiger partial charge in [0.15, 0.2) is 5.82 Å². The molecule has 1 fully saturated rings. The van der Waals surface area contributed by atoms with E-state index in [0.29, 0.717) is 24.9 Å². The molecule has 1 heterocycles. The molecule has 0 bridgehead atoms. The molecule has 1 aromatic heterocycles. The predicted molar refractivity (Wildman–Crippen MR) is 76.8 cm³/mol.